The summed E-state index contributed by atoms with van der Waals surface area (Å²) in [4.78, 5) is 6.85. The van der Waals surface area contributed by atoms with Gasteiger partial charge in [0.15, 0.2) is 0 Å². The lowest BCUT2D eigenvalue weighted by Gasteiger charge is -2.49. The van der Waals surface area contributed by atoms with E-state index < -0.39 is 0 Å². The molecule has 1 aliphatic carbocycles. The first kappa shape index (κ1) is 14.2. The molecule has 3 fully saturated rings. The number of hydrogen-bond donors (Lipinski definition) is 0. The Balaban J connectivity index is 1.47. The number of benzene rings is 1. The van der Waals surface area contributed by atoms with Gasteiger partial charge in [-0.1, -0.05) is 36.4 Å². The van der Waals surface area contributed by atoms with Crippen LogP contribution in [-0.2, 0) is 0 Å². The van der Waals surface area contributed by atoms with Crippen LogP contribution in [0.3, 0.4) is 0 Å². The van der Waals surface area contributed by atoms with E-state index in [2.05, 4.69) is 58.4 Å². The Morgan fingerprint density at radius 2 is 1.87 bits per heavy atom. The molecule has 3 heteroatoms. The molecule has 2 bridgehead atoms. The number of nitrogens with zero attached hydrogens (tertiary/aromatic N) is 2. The van der Waals surface area contributed by atoms with Crippen molar-refractivity contribution >= 4 is 17.4 Å². The number of allylic oxidation sites excluding steroid dienone is 2. The zero-order valence-electron chi connectivity index (χ0n) is 13.5. The average Bonchev–Trinajstić information content (AvgIpc) is 2.62. The van der Waals surface area contributed by atoms with Gasteiger partial charge in [-0.25, -0.2) is 0 Å². The molecular formula is C20H24N2S. The topological polar surface area (TPSA) is 6.48 Å². The van der Waals surface area contributed by atoms with Gasteiger partial charge in [-0.05, 0) is 49.9 Å². The number of rotatable bonds is 2. The van der Waals surface area contributed by atoms with Gasteiger partial charge < -0.3 is 9.80 Å². The maximum atomic E-state index is 2.71. The molecule has 4 aliphatic heterocycles. The lowest BCUT2D eigenvalue weighted by Crippen LogP contribution is -2.54. The third kappa shape index (κ3) is 2.45. The van der Waals surface area contributed by atoms with Gasteiger partial charge in [0.05, 0.1) is 17.0 Å². The van der Waals surface area contributed by atoms with Crippen molar-refractivity contribution in [3.05, 3.63) is 48.6 Å². The monoisotopic (exact) mass is 324 g/mol. The molecular weight excluding hydrogens is 300 g/mol. The van der Waals surface area contributed by atoms with E-state index in [9.17, 15) is 0 Å². The predicted molar refractivity (Wildman–Crippen MR) is 98.2 cm³/mol. The van der Waals surface area contributed by atoms with Crippen molar-refractivity contribution in [3.8, 4) is 0 Å². The summed E-state index contributed by atoms with van der Waals surface area (Å²) >= 11 is 2.03. The summed E-state index contributed by atoms with van der Waals surface area (Å²) in [6.45, 7) is 5.20. The first-order valence-electron chi connectivity index (χ1n) is 8.98. The Labute approximate surface area is 143 Å². The molecule has 4 heterocycles. The van der Waals surface area contributed by atoms with Crippen LogP contribution < -0.4 is 4.90 Å². The highest BCUT2D eigenvalue weighted by Gasteiger charge is 2.39. The van der Waals surface area contributed by atoms with E-state index in [1.165, 1.54) is 49.6 Å². The molecule has 0 radical (unpaired) electrons. The Kier molecular flexibility index (Phi) is 3.52. The smallest absolute Gasteiger partial charge is 0.0634 e. The second-order valence-corrected chi connectivity index (χ2v) is 8.58. The van der Waals surface area contributed by atoms with Crippen LogP contribution in [0.25, 0.3) is 0 Å². The van der Waals surface area contributed by atoms with Crippen LogP contribution in [0, 0.1) is 11.8 Å². The van der Waals surface area contributed by atoms with Gasteiger partial charge in [-0.15, -0.1) is 11.8 Å². The number of fused-ring (bicyclic) bond motifs is 5. The van der Waals surface area contributed by atoms with E-state index in [1.54, 1.807) is 0 Å². The van der Waals surface area contributed by atoms with Crippen molar-refractivity contribution in [2.45, 2.75) is 29.0 Å². The molecule has 3 atom stereocenters. The number of piperidine rings is 3. The largest absolute Gasteiger partial charge is 0.362 e. The highest BCUT2D eigenvalue weighted by Crippen LogP contribution is 2.45. The predicted octanol–water partition coefficient (Wildman–Crippen LogP) is 3.80. The van der Waals surface area contributed by atoms with E-state index in [0.29, 0.717) is 11.3 Å². The molecule has 0 N–H and O–H groups in total. The molecule has 1 aromatic rings. The minimum Gasteiger partial charge on any atom is -0.362 e. The Hall–Kier alpha value is -1.19. The standard InChI is InChI=1S/C20H24N2S/c1-3-7-19-17(5-1)22(18-6-2-4-8-20(18)23-19)14-16-13-21-11-9-15(16)10-12-21/h1-8,15-17,19H,9-14H2/t16-,17?,19?/m0/s1. The van der Waals surface area contributed by atoms with Gasteiger partial charge in [0.25, 0.3) is 0 Å². The van der Waals surface area contributed by atoms with Gasteiger partial charge in [-0.2, -0.15) is 0 Å². The summed E-state index contributed by atoms with van der Waals surface area (Å²) in [6.07, 6.45) is 12.1. The molecule has 0 aromatic heterocycles. The molecule has 3 saturated heterocycles. The molecule has 6 rings (SSSR count). The number of hydrogen-bond acceptors (Lipinski definition) is 3. The Bertz CT molecular complexity index is 645. The van der Waals surface area contributed by atoms with Gasteiger partial charge in [-0.3, -0.25) is 0 Å². The summed E-state index contributed by atoms with van der Waals surface area (Å²) in [5, 5.41) is 0.566. The summed E-state index contributed by atoms with van der Waals surface area (Å²) in [5.74, 6) is 1.79. The lowest BCUT2D eigenvalue weighted by molar-refractivity contribution is 0.0538. The fraction of sp³-hybridized carbons (Fsp3) is 0.500. The average molecular weight is 324 g/mol. The van der Waals surface area contributed by atoms with E-state index in [4.69, 9.17) is 0 Å². The van der Waals surface area contributed by atoms with E-state index >= 15 is 0 Å². The van der Waals surface area contributed by atoms with Crippen molar-refractivity contribution in [1.29, 1.82) is 0 Å². The van der Waals surface area contributed by atoms with Crippen molar-refractivity contribution in [1.82, 2.24) is 4.90 Å². The van der Waals surface area contributed by atoms with Gasteiger partial charge in [0.2, 0.25) is 0 Å². The van der Waals surface area contributed by atoms with Crippen LogP contribution in [-0.4, -0.2) is 42.4 Å². The number of para-hydroxylation sites is 1. The minimum absolute atomic E-state index is 0.523. The van der Waals surface area contributed by atoms with Crippen molar-refractivity contribution in [2.24, 2.45) is 11.8 Å². The maximum absolute atomic E-state index is 2.71. The van der Waals surface area contributed by atoms with Crippen LogP contribution >= 0.6 is 11.8 Å². The Morgan fingerprint density at radius 1 is 1.04 bits per heavy atom. The second kappa shape index (κ2) is 5.71. The summed E-state index contributed by atoms with van der Waals surface area (Å²) in [7, 11) is 0. The minimum atomic E-state index is 0.523. The molecule has 23 heavy (non-hydrogen) atoms. The van der Waals surface area contributed by atoms with Crippen LogP contribution in [0.2, 0.25) is 0 Å². The van der Waals surface area contributed by atoms with Gasteiger partial charge >= 0.3 is 0 Å². The zero-order chi connectivity index (χ0) is 15.2. The van der Waals surface area contributed by atoms with Crippen LogP contribution in [0.4, 0.5) is 5.69 Å². The third-order valence-corrected chi connectivity index (χ3v) is 7.38. The van der Waals surface area contributed by atoms with Crippen molar-refractivity contribution < 1.29 is 0 Å². The third-order valence-electron chi connectivity index (χ3n) is 6.08. The normalized spacial score (nSPS) is 37.6. The number of thioether (sulfide) groups is 1. The fourth-order valence-corrected chi connectivity index (χ4v) is 6.14. The molecule has 2 unspecified atom stereocenters. The molecule has 0 spiro atoms. The van der Waals surface area contributed by atoms with Crippen molar-refractivity contribution in [3.63, 3.8) is 0 Å². The first-order chi connectivity index (χ1) is 11.4. The SMILES string of the molecule is C1=CC2Sc3ccccc3N(C[C@@H]3CN4CCC3CC4)C2C=C1. The van der Waals surface area contributed by atoms with Crippen LogP contribution in [0.5, 0.6) is 0 Å². The quantitative estimate of drug-likeness (QED) is 0.817. The molecule has 120 valence electrons. The molecule has 0 saturated carbocycles. The zero-order valence-corrected chi connectivity index (χ0v) is 14.3. The molecule has 1 aromatic carbocycles. The van der Waals surface area contributed by atoms with E-state index in [-0.39, 0.29) is 0 Å². The summed E-state index contributed by atoms with van der Waals surface area (Å²) in [5.41, 5.74) is 1.45. The second-order valence-electron chi connectivity index (χ2n) is 7.36. The highest BCUT2D eigenvalue weighted by molar-refractivity contribution is 8.00. The lowest BCUT2D eigenvalue weighted by atomic mass is 9.78. The van der Waals surface area contributed by atoms with E-state index in [0.717, 1.165) is 11.8 Å². The first-order valence-corrected chi connectivity index (χ1v) is 9.86. The fourth-order valence-electron chi connectivity index (χ4n) is 4.83. The molecule has 2 nitrogen and oxygen atoms in total. The van der Waals surface area contributed by atoms with Gasteiger partial charge in [0, 0.05) is 18.0 Å². The summed E-state index contributed by atoms with van der Waals surface area (Å²) in [6, 6.07) is 9.53. The Morgan fingerprint density at radius 3 is 2.70 bits per heavy atom. The number of anilines is 1. The summed E-state index contributed by atoms with van der Waals surface area (Å²) < 4.78 is 0. The van der Waals surface area contributed by atoms with Crippen molar-refractivity contribution in [2.75, 3.05) is 31.1 Å². The van der Waals surface area contributed by atoms with Crippen LogP contribution in [0.1, 0.15) is 12.8 Å². The highest BCUT2D eigenvalue weighted by atomic mass is 32.2. The van der Waals surface area contributed by atoms with E-state index in [1.807, 2.05) is 11.8 Å². The maximum Gasteiger partial charge on any atom is 0.0634 e. The van der Waals surface area contributed by atoms with Gasteiger partial charge in [0.1, 0.15) is 0 Å². The molecule has 0 amide bonds. The van der Waals surface area contributed by atoms with Crippen LogP contribution in [0.15, 0.2) is 53.5 Å². The molecule has 5 aliphatic rings.